The number of methoxy groups -OCH3 is 1. The van der Waals surface area contributed by atoms with Crippen LogP contribution in [-0.4, -0.2) is 68.1 Å². The number of nitrogens with one attached hydrogen (secondary N) is 2. The Morgan fingerprint density at radius 1 is 0.811 bits per heavy atom. The van der Waals surface area contributed by atoms with E-state index >= 15 is 0 Å². The minimum absolute atomic E-state index is 0.0367. The molecule has 1 heterocycles. The molecule has 290 valence electrons. The number of esters is 1. The quantitative estimate of drug-likeness (QED) is 0.0649. The zero-order chi connectivity index (χ0) is 38.7. The second-order valence-corrected chi connectivity index (χ2v) is 13.1. The van der Waals surface area contributed by atoms with Crippen molar-refractivity contribution in [1.82, 2.24) is 15.5 Å². The van der Waals surface area contributed by atoms with Crippen LogP contribution in [0.3, 0.4) is 0 Å². The number of rotatable bonds is 26. The summed E-state index contributed by atoms with van der Waals surface area (Å²) < 4.78 is 10.7. The number of carbonyl (C=O) groups is 3. The van der Waals surface area contributed by atoms with Crippen LogP contribution in [0.15, 0.2) is 84.6 Å². The van der Waals surface area contributed by atoms with Gasteiger partial charge in [-0.2, -0.15) is 0 Å². The van der Waals surface area contributed by atoms with E-state index in [0.717, 1.165) is 49.7 Å². The third kappa shape index (κ3) is 18.1. The highest BCUT2D eigenvalue weighted by molar-refractivity contribution is 5.98. The monoisotopic (exact) mass is 729 g/mol. The van der Waals surface area contributed by atoms with Gasteiger partial charge >= 0.3 is 5.97 Å². The number of likely N-dealkylation sites (N-methyl/N-ethyl adjacent to an activating group) is 1. The largest absolute Gasteiger partial charge is 0.507 e. The normalized spacial score (nSPS) is 13.5. The zero-order valence-corrected chi connectivity index (χ0v) is 32.8. The van der Waals surface area contributed by atoms with Gasteiger partial charge in [-0.1, -0.05) is 91.5 Å². The van der Waals surface area contributed by atoms with Gasteiger partial charge in [0.15, 0.2) is 0 Å². The number of allylic oxidation sites excluding steroid dienone is 14. The van der Waals surface area contributed by atoms with Crippen LogP contribution in [0.25, 0.3) is 0 Å². The van der Waals surface area contributed by atoms with Gasteiger partial charge in [0, 0.05) is 50.1 Å². The highest BCUT2D eigenvalue weighted by Gasteiger charge is 2.31. The Labute approximate surface area is 318 Å². The molecule has 0 spiro atoms. The molecule has 1 aliphatic rings. The fourth-order valence-corrected chi connectivity index (χ4v) is 5.63. The van der Waals surface area contributed by atoms with Crippen molar-refractivity contribution in [3.05, 3.63) is 107 Å². The van der Waals surface area contributed by atoms with Crippen LogP contribution in [0.2, 0.25) is 0 Å². The lowest BCUT2D eigenvalue weighted by atomic mass is 9.94. The Kier molecular flexibility index (Phi) is 22.7. The summed E-state index contributed by atoms with van der Waals surface area (Å²) in [6.07, 6.45) is 36.3. The fourth-order valence-electron chi connectivity index (χ4n) is 5.63. The first kappa shape index (κ1) is 44.5. The molecule has 2 amide bonds. The molecule has 3 N–H and O–H groups in total. The number of phenolic OH excluding ortho intramolecular Hbond substituents is 1. The van der Waals surface area contributed by atoms with Crippen molar-refractivity contribution in [1.29, 1.82) is 0 Å². The number of cyclic esters (lactones) is 1. The van der Waals surface area contributed by atoms with Gasteiger partial charge in [-0.05, 0) is 84.2 Å². The molecule has 1 aliphatic heterocycles. The first-order chi connectivity index (χ1) is 25.7. The fraction of sp³-hybridized carbons (Fsp3) is 0.477. The number of fused-ring (bicyclic) bond motifs is 1. The summed E-state index contributed by atoms with van der Waals surface area (Å²) in [5.74, 6) is -0.0743. The van der Waals surface area contributed by atoms with Crippen molar-refractivity contribution in [3.63, 3.8) is 0 Å². The smallest absolute Gasteiger partial charge is 0.342 e. The Morgan fingerprint density at radius 3 is 1.85 bits per heavy atom. The lowest BCUT2D eigenvalue weighted by molar-refractivity contribution is -0.121. The lowest BCUT2D eigenvalue weighted by Crippen LogP contribution is -2.37. The molecule has 2 rings (SSSR count). The number of carbonyl (C=O) groups excluding carboxylic acids is 3. The summed E-state index contributed by atoms with van der Waals surface area (Å²) >= 11 is 0. The van der Waals surface area contributed by atoms with Crippen molar-refractivity contribution < 1.29 is 29.0 Å². The van der Waals surface area contributed by atoms with Crippen molar-refractivity contribution in [2.75, 3.05) is 40.3 Å². The van der Waals surface area contributed by atoms with Crippen LogP contribution in [-0.2, 0) is 27.4 Å². The van der Waals surface area contributed by atoms with E-state index in [0.29, 0.717) is 75.2 Å². The summed E-state index contributed by atoms with van der Waals surface area (Å²) in [4.78, 5) is 38.8. The topological polar surface area (TPSA) is 117 Å². The molecule has 0 aliphatic carbocycles. The van der Waals surface area contributed by atoms with Gasteiger partial charge in [-0.25, -0.2) is 4.79 Å². The van der Waals surface area contributed by atoms with E-state index in [2.05, 4.69) is 95.4 Å². The van der Waals surface area contributed by atoms with Crippen molar-refractivity contribution >= 4 is 17.8 Å². The first-order valence-electron chi connectivity index (χ1n) is 19.0. The molecule has 0 aromatic heterocycles. The average molecular weight is 730 g/mol. The Hall–Kier alpha value is -4.63. The maximum absolute atomic E-state index is 12.4. The standard InChI is InChI=1S/C44H63N3O6/c1-6-7-8-9-10-11-12-13-14-15-16-17-18-19-20-21-22-23-24-25-39(48)45-30-32-47(4)33-31-46-40(49)29-27-35(2)26-28-37-42(50)41-38(34-53-44(41)51)36(3)43(37)52-5/h7-8,10-11,13-14,16-17,19-20,22-23,26,50H,6,9,12,15,18,21,24-25,27-34H2,1-5H3,(H,45,48)(H,46,49). The third-order valence-corrected chi connectivity index (χ3v) is 8.81. The molecule has 0 atom stereocenters. The molecule has 9 nitrogen and oxygen atoms in total. The molecule has 0 fully saturated rings. The summed E-state index contributed by atoms with van der Waals surface area (Å²) in [6.45, 7) is 8.52. The van der Waals surface area contributed by atoms with E-state index in [-0.39, 0.29) is 29.7 Å². The van der Waals surface area contributed by atoms with E-state index in [4.69, 9.17) is 9.47 Å². The number of nitrogens with zero attached hydrogens (tertiary/aromatic N) is 1. The van der Waals surface area contributed by atoms with Crippen LogP contribution in [0.5, 0.6) is 11.5 Å². The molecule has 1 aromatic carbocycles. The molecular formula is C44H63N3O6. The highest BCUT2D eigenvalue weighted by Crippen LogP contribution is 2.42. The van der Waals surface area contributed by atoms with Gasteiger partial charge in [-0.3, -0.25) is 9.59 Å². The van der Waals surface area contributed by atoms with Gasteiger partial charge < -0.3 is 30.1 Å². The predicted molar refractivity (Wildman–Crippen MR) is 216 cm³/mol. The average Bonchev–Trinajstić information content (AvgIpc) is 3.54. The first-order valence-corrected chi connectivity index (χ1v) is 19.0. The number of hydrogen-bond acceptors (Lipinski definition) is 7. The van der Waals surface area contributed by atoms with E-state index in [9.17, 15) is 19.5 Å². The summed E-state index contributed by atoms with van der Waals surface area (Å²) in [5, 5.41) is 16.7. The van der Waals surface area contributed by atoms with Crippen molar-refractivity contribution in [3.8, 4) is 11.5 Å². The Bertz CT molecular complexity index is 1520. The van der Waals surface area contributed by atoms with Crippen molar-refractivity contribution in [2.45, 2.75) is 98.0 Å². The predicted octanol–water partition coefficient (Wildman–Crippen LogP) is 8.29. The molecule has 0 saturated carbocycles. The second kappa shape index (κ2) is 27.0. The molecule has 0 radical (unpaired) electrons. The van der Waals surface area contributed by atoms with Gasteiger partial charge in [0.1, 0.15) is 23.7 Å². The van der Waals surface area contributed by atoms with Crippen molar-refractivity contribution in [2.24, 2.45) is 0 Å². The molecule has 0 saturated heterocycles. The number of ether oxygens (including phenoxy) is 2. The molecule has 1 aromatic rings. The minimum Gasteiger partial charge on any atom is -0.507 e. The number of amides is 2. The Morgan fingerprint density at radius 2 is 1.32 bits per heavy atom. The summed E-state index contributed by atoms with van der Waals surface area (Å²) in [6, 6.07) is 0. The van der Waals surface area contributed by atoms with Gasteiger partial charge in [0.05, 0.1) is 7.11 Å². The third-order valence-electron chi connectivity index (χ3n) is 8.81. The van der Waals surface area contributed by atoms with Gasteiger partial charge in [-0.15, -0.1) is 0 Å². The SMILES string of the molecule is CCC=CCC=CCC=CCC=CCC=CCC=CCCC(=O)NCCN(C)CCNC(=O)CCC(C)=CCc1c(O)c2c(c(C)c1OC)COC2=O. The van der Waals surface area contributed by atoms with Crippen LogP contribution in [0.1, 0.15) is 105 Å². The van der Waals surface area contributed by atoms with Crippen LogP contribution < -0.4 is 15.4 Å². The summed E-state index contributed by atoms with van der Waals surface area (Å²) in [5.41, 5.74) is 3.20. The number of phenols is 1. The molecule has 0 unspecified atom stereocenters. The van der Waals surface area contributed by atoms with Gasteiger partial charge in [0.25, 0.3) is 0 Å². The highest BCUT2D eigenvalue weighted by atomic mass is 16.5. The molecule has 9 heteroatoms. The number of hydrogen-bond donors (Lipinski definition) is 3. The number of aromatic hydroxyl groups is 1. The zero-order valence-electron chi connectivity index (χ0n) is 32.8. The maximum atomic E-state index is 12.4. The minimum atomic E-state index is -0.523. The Balaban J connectivity index is 1.50. The van der Waals surface area contributed by atoms with E-state index in [1.807, 2.05) is 27.0 Å². The van der Waals surface area contributed by atoms with Gasteiger partial charge in [0.2, 0.25) is 11.8 Å². The number of benzene rings is 1. The van der Waals surface area contributed by atoms with Crippen LogP contribution in [0.4, 0.5) is 0 Å². The van der Waals surface area contributed by atoms with E-state index in [1.54, 1.807) is 7.11 Å². The van der Waals surface area contributed by atoms with Crippen LogP contribution >= 0.6 is 0 Å². The summed E-state index contributed by atoms with van der Waals surface area (Å²) in [7, 11) is 3.51. The molecular weight excluding hydrogens is 666 g/mol. The molecule has 0 bridgehead atoms. The lowest BCUT2D eigenvalue weighted by Gasteiger charge is -2.17. The van der Waals surface area contributed by atoms with E-state index in [1.165, 1.54) is 0 Å². The second-order valence-electron chi connectivity index (χ2n) is 13.1. The van der Waals surface area contributed by atoms with E-state index < -0.39 is 5.97 Å². The van der Waals surface area contributed by atoms with Crippen LogP contribution in [0, 0.1) is 6.92 Å². The molecule has 53 heavy (non-hydrogen) atoms. The maximum Gasteiger partial charge on any atom is 0.342 e.